The minimum Gasteiger partial charge on any atom is -0.497 e. The van der Waals surface area contributed by atoms with Gasteiger partial charge in [0.15, 0.2) is 5.17 Å². The molecule has 2 aromatic rings. The van der Waals surface area contributed by atoms with Crippen LogP contribution in [0.2, 0.25) is 0 Å². The molecular weight excluding hydrogens is 348 g/mol. The van der Waals surface area contributed by atoms with Crippen LogP contribution in [0.3, 0.4) is 0 Å². The lowest BCUT2D eigenvalue weighted by Crippen LogP contribution is -2.19. The molecule has 26 heavy (non-hydrogen) atoms. The molecule has 0 radical (unpaired) electrons. The Morgan fingerprint density at radius 1 is 1.04 bits per heavy atom. The van der Waals surface area contributed by atoms with Crippen LogP contribution < -0.4 is 14.8 Å². The van der Waals surface area contributed by atoms with Gasteiger partial charge in [-0.05, 0) is 73.1 Å². The minimum absolute atomic E-state index is 0.178. The van der Waals surface area contributed by atoms with Crippen molar-refractivity contribution in [2.75, 3.05) is 14.2 Å². The molecule has 1 aliphatic rings. The second kappa shape index (κ2) is 7.66. The third-order valence-electron chi connectivity index (χ3n) is 4.10. The first-order valence-corrected chi connectivity index (χ1v) is 8.90. The van der Waals surface area contributed by atoms with E-state index in [9.17, 15) is 4.79 Å². The number of amidine groups is 1. The predicted molar refractivity (Wildman–Crippen MR) is 106 cm³/mol. The van der Waals surface area contributed by atoms with E-state index in [0.717, 1.165) is 16.8 Å². The van der Waals surface area contributed by atoms with Crippen molar-refractivity contribution in [1.82, 2.24) is 5.32 Å². The number of carbonyl (C=O) groups is 1. The minimum atomic E-state index is -0.178. The Hall–Kier alpha value is -2.73. The molecule has 1 heterocycles. The highest BCUT2D eigenvalue weighted by Gasteiger charge is 2.24. The molecule has 0 aliphatic carbocycles. The number of amides is 1. The summed E-state index contributed by atoms with van der Waals surface area (Å²) in [7, 11) is 3.20. The van der Waals surface area contributed by atoms with Crippen molar-refractivity contribution in [3.8, 4) is 11.5 Å². The second-order valence-corrected chi connectivity index (χ2v) is 6.89. The molecule has 1 amide bonds. The van der Waals surface area contributed by atoms with Gasteiger partial charge >= 0.3 is 0 Å². The summed E-state index contributed by atoms with van der Waals surface area (Å²) in [6.07, 6.45) is 1.78. The highest BCUT2D eigenvalue weighted by Crippen LogP contribution is 2.32. The maximum atomic E-state index is 12.3. The summed E-state index contributed by atoms with van der Waals surface area (Å²) in [5.74, 6) is 1.19. The molecule has 0 aromatic heterocycles. The lowest BCUT2D eigenvalue weighted by molar-refractivity contribution is -0.115. The number of carbonyl (C=O) groups excluding carboxylic acids is 1. The normalized spacial score (nSPS) is 16.8. The summed E-state index contributed by atoms with van der Waals surface area (Å²) in [5, 5.41) is 3.37. The van der Waals surface area contributed by atoms with E-state index < -0.39 is 0 Å². The van der Waals surface area contributed by atoms with Crippen molar-refractivity contribution < 1.29 is 14.3 Å². The second-order valence-electron chi connectivity index (χ2n) is 5.86. The van der Waals surface area contributed by atoms with E-state index in [1.165, 1.54) is 17.3 Å². The summed E-state index contributed by atoms with van der Waals surface area (Å²) < 4.78 is 10.6. The zero-order valence-electron chi connectivity index (χ0n) is 15.1. The zero-order chi connectivity index (χ0) is 18.7. The fraction of sp³-hybridized carbons (Fsp3) is 0.200. The number of nitrogens with one attached hydrogen (secondary N) is 1. The molecule has 3 rings (SSSR count). The van der Waals surface area contributed by atoms with E-state index in [0.29, 0.717) is 21.6 Å². The number of ether oxygens (including phenoxy) is 2. The topological polar surface area (TPSA) is 59.9 Å². The van der Waals surface area contributed by atoms with Gasteiger partial charge in [0.05, 0.1) is 24.8 Å². The lowest BCUT2D eigenvalue weighted by atomic mass is 10.1. The Kier molecular flexibility index (Phi) is 5.32. The number of methoxy groups -OCH3 is 2. The molecule has 134 valence electrons. The van der Waals surface area contributed by atoms with Crippen molar-refractivity contribution in [3.63, 3.8) is 0 Å². The molecule has 0 atom stereocenters. The van der Waals surface area contributed by atoms with Crippen LogP contribution in [0.5, 0.6) is 11.5 Å². The monoisotopic (exact) mass is 368 g/mol. The van der Waals surface area contributed by atoms with Crippen LogP contribution in [-0.2, 0) is 4.79 Å². The van der Waals surface area contributed by atoms with E-state index in [2.05, 4.69) is 17.2 Å². The summed E-state index contributed by atoms with van der Waals surface area (Å²) in [6.45, 7) is 4.10. The predicted octanol–water partition coefficient (Wildman–Crippen LogP) is 4.21. The molecule has 0 bridgehead atoms. The van der Waals surface area contributed by atoms with Crippen LogP contribution in [0.4, 0.5) is 5.69 Å². The molecule has 0 unspecified atom stereocenters. The average molecular weight is 368 g/mol. The summed E-state index contributed by atoms with van der Waals surface area (Å²) in [6, 6.07) is 11.4. The summed E-state index contributed by atoms with van der Waals surface area (Å²) in [5.41, 5.74) is 3.97. The van der Waals surface area contributed by atoms with Crippen LogP contribution in [0.1, 0.15) is 16.7 Å². The van der Waals surface area contributed by atoms with Gasteiger partial charge in [0, 0.05) is 5.56 Å². The van der Waals surface area contributed by atoms with Crippen LogP contribution >= 0.6 is 11.8 Å². The van der Waals surface area contributed by atoms with Gasteiger partial charge in [-0.3, -0.25) is 4.79 Å². The highest BCUT2D eigenvalue weighted by molar-refractivity contribution is 8.18. The Morgan fingerprint density at radius 3 is 2.54 bits per heavy atom. The molecule has 2 aromatic carbocycles. The van der Waals surface area contributed by atoms with Crippen molar-refractivity contribution in [1.29, 1.82) is 0 Å². The number of aliphatic imine (C=N–C) groups is 1. The van der Waals surface area contributed by atoms with Gasteiger partial charge in [0.1, 0.15) is 11.5 Å². The third kappa shape index (κ3) is 3.91. The Labute approximate surface area is 157 Å². The molecule has 6 heteroatoms. The zero-order valence-corrected chi connectivity index (χ0v) is 15.9. The molecule has 1 aliphatic heterocycles. The maximum Gasteiger partial charge on any atom is 0.264 e. The molecule has 0 spiro atoms. The quantitative estimate of drug-likeness (QED) is 0.821. The van der Waals surface area contributed by atoms with Gasteiger partial charge in [-0.15, -0.1) is 0 Å². The molecular formula is C20H20N2O3S. The number of aryl methyl sites for hydroxylation is 2. The van der Waals surface area contributed by atoms with Gasteiger partial charge in [-0.2, -0.15) is 0 Å². The first-order chi connectivity index (χ1) is 12.5. The lowest BCUT2D eigenvalue weighted by Gasteiger charge is -2.07. The van der Waals surface area contributed by atoms with E-state index in [4.69, 9.17) is 9.47 Å². The number of thioether (sulfide) groups is 1. The smallest absolute Gasteiger partial charge is 0.264 e. The number of nitrogens with zero attached hydrogens (tertiary/aromatic N) is 1. The summed E-state index contributed by atoms with van der Waals surface area (Å²) in [4.78, 5) is 17.4. The van der Waals surface area contributed by atoms with Gasteiger partial charge in [-0.25, -0.2) is 4.99 Å². The Morgan fingerprint density at radius 2 is 1.85 bits per heavy atom. The molecule has 0 saturated carbocycles. The van der Waals surface area contributed by atoms with Crippen LogP contribution in [-0.4, -0.2) is 25.3 Å². The van der Waals surface area contributed by atoms with Crippen molar-refractivity contribution in [2.24, 2.45) is 4.99 Å². The molecule has 1 fully saturated rings. The molecule has 1 N–H and O–H groups in total. The van der Waals surface area contributed by atoms with Crippen molar-refractivity contribution >= 4 is 34.6 Å². The number of rotatable bonds is 4. The molecule has 1 saturated heterocycles. The third-order valence-corrected chi connectivity index (χ3v) is 5.01. The van der Waals surface area contributed by atoms with E-state index >= 15 is 0 Å². The van der Waals surface area contributed by atoms with Gasteiger partial charge in [-0.1, -0.05) is 6.07 Å². The Balaban J connectivity index is 1.89. The highest BCUT2D eigenvalue weighted by atomic mass is 32.2. The van der Waals surface area contributed by atoms with E-state index in [-0.39, 0.29) is 5.91 Å². The van der Waals surface area contributed by atoms with Crippen LogP contribution in [0.25, 0.3) is 6.08 Å². The number of hydrogen-bond donors (Lipinski definition) is 1. The van der Waals surface area contributed by atoms with Gasteiger partial charge in [0.25, 0.3) is 5.91 Å². The van der Waals surface area contributed by atoms with Crippen molar-refractivity contribution in [3.05, 3.63) is 58.0 Å². The SMILES string of the molecule is COc1ccc(OC)c(/C=C2/SC(=Nc3ccc(C)c(C)c3)NC2=O)c1. The number of benzene rings is 2. The summed E-state index contributed by atoms with van der Waals surface area (Å²) >= 11 is 1.31. The fourth-order valence-corrected chi connectivity index (χ4v) is 3.32. The number of hydrogen-bond acceptors (Lipinski definition) is 5. The molecule has 5 nitrogen and oxygen atoms in total. The van der Waals surface area contributed by atoms with Crippen molar-refractivity contribution in [2.45, 2.75) is 13.8 Å². The van der Waals surface area contributed by atoms with Crippen LogP contribution in [0, 0.1) is 13.8 Å². The first-order valence-electron chi connectivity index (χ1n) is 8.09. The van der Waals surface area contributed by atoms with E-state index in [1.54, 1.807) is 20.3 Å². The first kappa shape index (κ1) is 18.1. The average Bonchev–Trinajstić information content (AvgIpc) is 2.97. The Bertz CT molecular complexity index is 919. The van der Waals surface area contributed by atoms with E-state index in [1.807, 2.05) is 43.3 Å². The van der Waals surface area contributed by atoms with Gasteiger partial charge < -0.3 is 14.8 Å². The fourth-order valence-electron chi connectivity index (χ4n) is 2.49. The maximum absolute atomic E-state index is 12.3. The van der Waals surface area contributed by atoms with Gasteiger partial charge in [0.2, 0.25) is 0 Å². The standard InChI is InChI=1S/C20H20N2O3S/c1-12-5-6-15(9-13(12)2)21-20-22-19(23)18(26-20)11-14-10-16(24-3)7-8-17(14)25-4/h5-11H,1-4H3,(H,21,22,23)/b18-11+. The largest absolute Gasteiger partial charge is 0.497 e. The van der Waals surface area contributed by atoms with Crippen LogP contribution in [0.15, 0.2) is 46.3 Å².